The van der Waals surface area contributed by atoms with Crippen molar-refractivity contribution in [2.45, 2.75) is 0 Å². The molecule has 0 spiro atoms. The SMILES string of the molecule is Cn1c(O)c(C=NNc2cc(Cl)ccc2Cl)c(=O)[nH]c1=O. The third kappa shape index (κ3) is 3.26. The number of rotatable bonds is 3. The zero-order valence-electron chi connectivity index (χ0n) is 10.7. The van der Waals surface area contributed by atoms with E-state index in [9.17, 15) is 14.7 Å². The fraction of sp³-hybridized carbons (Fsp3) is 0.0833. The summed E-state index contributed by atoms with van der Waals surface area (Å²) in [6.45, 7) is 0. The number of aromatic nitrogens is 2. The van der Waals surface area contributed by atoms with Crippen LogP contribution >= 0.6 is 23.2 Å². The van der Waals surface area contributed by atoms with E-state index >= 15 is 0 Å². The lowest BCUT2D eigenvalue weighted by Gasteiger charge is -2.05. The Kier molecular flexibility index (Phi) is 4.35. The zero-order valence-corrected chi connectivity index (χ0v) is 12.2. The van der Waals surface area contributed by atoms with Crippen molar-refractivity contribution in [3.8, 4) is 5.88 Å². The number of hydrogen-bond donors (Lipinski definition) is 3. The van der Waals surface area contributed by atoms with Crippen molar-refractivity contribution in [2.24, 2.45) is 12.1 Å². The molecule has 2 aromatic rings. The van der Waals surface area contributed by atoms with Gasteiger partial charge in [0.1, 0.15) is 5.56 Å². The molecular weight excluding hydrogens is 319 g/mol. The van der Waals surface area contributed by atoms with E-state index in [0.29, 0.717) is 15.7 Å². The molecule has 3 N–H and O–H groups in total. The molecular formula is C12H10Cl2N4O3. The number of hydrazone groups is 1. The van der Waals surface area contributed by atoms with E-state index in [4.69, 9.17) is 23.2 Å². The van der Waals surface area contributed by atoms with Gasteiger partial charge in [0.25, 0.3) is 5.56 Å². The van der Waals surface area contributed by atoms with E-state index in [1.807, 2.05) is 4.98 Å². The number of halogens is 2. The number of nitrogens with one attached hydrogen (secondary N) is 2. The average molecular weight is 329 g/mol. The second kappa shape index (κ2) is 6.02. The lowest BCUT2D eigenvalue weighted by molar-refractivity contribution is 0.417. The second-order valence-electron chi connectivity index (χ2n) is 4.05. The largest absolute Gasteiger partial charge is 0.494 e. The molecule has 0 atom stereocenters. The van der Waals surface area contributed by atoms with Gasteiger partial charge in [-0.15, -0.1) is 0 Å². The Hall–Kier alpha value is -2.25. The summed E-state index contributed by atoms with van der Waals surface area (Å²) < 4.78 is 0.884. The van der Waals surface area contributed by atoms with Crippen molar-refractivity contribution in [2.75, 3.05) is 5.43 Å². The molecule has 0 aliphatic carbocycles. The molecule has 2 rings (SSSR count). The van der Waals surface area contributed by atoms with E-state index in [0.717, 1.165) is 10.8 Å². The number of H-pyrrole nitrogens is 1. The van der Waals surface area contributed by atoms with Crippen LogP contribution in [-0.4, -0.2) is 20.9 Å². The number of nitrogens with zero attached hydrogens (tertiary/aromatic N) is 2. The van der Waals surface area contributed by atoms with Crippen molar-refractivity contribution >= 4 is 35.1 Å². The van der Waals surface area contributed by atoms with E-state index in [1.165, 1.54) is 7.05 Å². The number of hydrogen-bond acceptors (Lipinski definition) is 5. The van der Waals surface area contributed by atoms with Crippen LogP contribution in [0.4, 0.5) is 5.69 Å². The molecule has 0 amide bonds. The standard InChI is InChI=1S/C12H10Cl2N4O3/c1-18-11(20)7(10(19)16-12(18)21)5-15-17-9-4-6(13)2-3-8(9)14/h2-5,17,20H,1H3,(H,16,19,21). The highest BCUT2D eigenvalue weighted by Crippen LogP contribution is 2.25. The number of aromatic hydroxyl groups is 1. The molecule has 0 unspecified atom stereocenters. The van der Waals surface area contributed by atoms with E-state index in [2.05, 4.69) is 10.5 Å². The first-order chi connectivity index (χ1) is 9.90. The molecule has 21 heavy (non-hydrogen) atoms. The fourth-order valence-electron chi connectivity index (χ4n) is 1.49. The summed E-state index contributed by atoms with van der Waals surface area (Å²) in [6.07, 6.45) is 1.07. The van der Waals surface area contributed by atoms with Crippen LogP contribution in [0, 0.1) is 0 Å². The van der Waals surface area contributed by atoms with Crippen molar-refractivity contribution in [1.82, 2.24) is 9.55 Å². The lowest BCUT2D eigenvalue weighted by atomic mass is 10.3. The van der Waals surface area contributed by atoms with Gasteiger partial charge in [-0.25, -0.2) is 4.79 Å². The van der Waals surface area contributed by atoms with Gasteiger partial charge in [0.05, 0.1) is 16.9 Å². The third-order valence-corrected chi connectivity index (χ3v) is 3.20. The molecule has 0 aliphatic heterocycles. The quantitative estimate of drug-likeness (QED) is 0.587. The van der Waals surface area contributed by atoms with Crippen molar-refractivity contribution in [1.29, 1.82) is 0 Å². The normalized spacial score (nSPS) is 11.0. The molecule has 110 valence electrons. The highest BCUT2D eigenvalue weighted by Gasteiger charge is 2.09. The van der Waals surface area contributed by atoms with Gasteiger partial charge < -0.3 is 5.11 Å². The maximum Gasteiger partial charge on any atom is 0.330 e. The summed E-state index contributed by atoms with van der Waals surface area (Å²) in [6, 6.07) is 4.74. The molecule has 0 aliphatic rings. The minimum atomic E-state index is -0.752. The van der Waals surface area contributed by atoms with Crippen LogP contribution in [0.1, 0.15) is 5.56 Å². The van der Waals surface area contributed by atoms with Crippen LogP contribution in [0.15, 0.2) is 32.9 Å². The summed E-state index contributed by atoms with van der Waals surface area (Å²) in [5.41, 5.74) is 1.39. The maximum absolute atomic E-state index is 11.6. The fourth-order valence-corrected chi connectivity index (χ4v) is 1.82. The van der Waals surface area contributed by atoms with Crippen molar-refractivity contribution < 1.29 is 5.11 Å². The third-order valence-electron chi connectivity index (χ3n) is 2.64. The van der Waals surface area contributed by atoms with Gasteiger partial charge in [0.15, 0.2) is 0 Å². The summed E-state index contributed by atoms with van der Waals surface area (Å²) in [4.78, 5) is 24.9. The van der Waals surface area contributed by atoms with Gasteiger partial charge in [0, 0.05) is 12.1 Å². The molecule has 0 saturated heterocycles. The molecule has 1 aromatic heterocycles. The van der Waals surface area contributed by atoms with Crippen LogP contribution in [0.3, 0.4) is 0 Å². The van der Waals surface area contributed by atoms with Gasteiger partial charge in [-0.1, -0.05) is 23.2 Å². The summed E-state index contributed by atoms with van der Waals surface area (Å²) in [7, 11) is 1.31. The molecule has 0 fully saturated rings. The minimum Gasteiger partial charge on any atom is -0.494 e. The summed E-state index contributed by atoms with van der Waals surface area (Å²) in [5.74, 6) is -0.494. The van der Waals surface area contributed by atoms with Crippen LogP contribution in [0.5, 0.6) is 5.88 Å². The van der Waals surface area contributed by atoms with E-state index in [-0.39, 0.29) is 5.56 Å². The van der Waals surface area contributed by atoms with Gasteiger partial charge in [0.2, 0.25) is 5.88 Å². The molecule has 1 heterocycles. The lowest BCUT2D eigenvalue weighted by Crippen LogP contribution is -2.30. The smallest absolute Gasteiger partial charge is 0.330 e. The Morgan fingerprint density at radius 3 is 2.81 bits per heavy atom. The predicted molar refractivity (Wildman–Crippen MR) is 81.6 cm³/mol. The highest BCUT2D eigenvalue weighted by molar-refractivity contribution is 6.35. The maximum atomic E-state index is 11.6. The molecule has 0 radical (unpaired) electrons. The highest BCUT2D eigenvalue weighted by atomic mass is 35.5. The van der Waals surface area contributed by atoms with Crippen molar-refractivity contribution in [3.63, 3.8) is 0 Å². The van der Waals surface area contributed by atoms with Gasteiger partial charge in [-0.3, -0.25) is 19.8 Å². The Labute approximate surface area is 128 Å². The molecule has 0 saturated carbocycles. The van der Waals surface area contributed by atoms with Crippen molar-refractivity contribution in [3.05, 3.63) is 54.6 Å². The van der Waals surface area contributed by atoms with Crippen LogP contribution in [0.25, 0.3) is 0 Å². The first kappa shape index (κ1) is 15.1. The first-order valence-corrected chi connectivity index (χ1v) is 6.42. The first-order valence-electron chi connectivity index (χ1n) is 5.66. The monoisotopic (exact) mass is 328 g/mol. The summed E-state index contributed by atoms with van der Waals surface area (Å²) in [5, 5.41) is 14.4. The number of benzene rings is 1. The van der Waals surface area contributed by atoms with Crippen LogP contribution in [0.2, 0.25) is 10.0 Å². The van der Waals surface area contributed by atoms with E-state index < -0.39 is 17.1 Å². The molecule has 9 heteroatoms. The van der Waals surface area contributed by atoms with Gasteiger partial charge in [-0.2, -0.15) is 5.10 Å². The topological polar surface area (TPSA) is 99.5 Å². The zero-order chi connectivity index (χ0) is 15.6. The Balaban J connectivity index is 2.31. The average Bonchev–Trinajstić information content (AvgIpc) is 2.44. The summed E-state index contributed by atoms with van der Waals surface area (Å²) >= 11 is 11.7. The second-order valence-corrected chi connectivity index (χ2v) is 4.89. The minimum absolute atomic E-state index is 0.164. The van der Waals surface area contributed by atoms with Crippen LogP contribution < -0.4 is 16.7 Å². The number of anilines is 1. The molecule has 0 bridgehead atoms. The Morgan fingerprint density at radius 2 is 2.10 bits per heavy atom. The van der Waals surface area contributed by atoms with Gasteiger partial charge in [-0.05, 0) is 18.2 Å². The van der Waals surface area contributed by atoms with Gasteiger partial charge >= 0.3 is 5.69 Å². The van der Waals surface area contributed by atoms with Crippen LogP contribution in [-0.2, 0) is 7.05 Å². The number of aromatic amines is 1. The molecule has 1 aromatic carbocycles. The molecule has 7 nitrogen and oxygen atoms in total. The van der Waals surface area contributed by atoms with E-state index in [1.54, 1.807) is 18.2 Å². The predicted octanol–water partition coefficient (Wildman–Crippen LogP) is 1.53. The Morgan fingerprint density at radius 1 is 1.38 bits per heavy atom. The Bertz CT molecular complexity index is 826.